The van der Waals surface area contributed by atoms with E-state index in [2.05, 4.69) is 0 Å². The molecule has 0 amide bonds. The average Bonchev–Trinajstić information content (AvgIpc) is 2.53. The Morgan fingerprint density at radius 2 is 1.75 bits per heavy atom. The molecule has 2 aromatic carbocycles. The minimum atomic E-state index is -0.854. The van der Waals surface area contributed by atoms with Gasteiger partial charge in [-0.1, -0.05) is 41.4 Å². The Balaban J connectivity index is 2.19. The fraction of sp³-hybridized carbons (Fsp3) is 0. The number of carbonyl (C=O) groups excluding carboxylic acids is 1. The number of ketones is 1. The highest BCUT2D eigenvalue weighted by atomic mass is 35.5. The largest absolute Gasteiger partial charge is 0.422 e. The summed E-state index contributed by atoms with van der Waals surface area (Å²) in [4.78, 5) is 34.9. The second kappa shape index (κ2) is 6.07. The first kappa shape index (κ1) is 16.2. The first-order chi connectivity index (χ1) is 11.4. The van der Waals surface area contributed by atoms with E-state index >= 15 is 0 Å². The Bertz CT molecular complexity index is 1060. The maximum absolute atomic E-state index is 12.6. The maximum atomic E-state index is 12.6. The van der Waals surface area contributed by atoms with E-state index in [1.54, 1.807) is 24.3 Å². The van der Waals surface area contributed by atoms with E-state index in [1.807, 2.05) is 0 Å². The van der Waals surface area contributed by atoms with Crippen LogP contribution in [0.5, 0.6) is 0 Å². The van der Waals surface area contributed by atoms with Gasteiger partial charge in [-0.3, -0.25) is 14.9 Å². The second-order valence-electron chi connectivity index (χ2n) is 4.86. The van der Waals surface area contributed by atoms with Crippen LogP contribution in [0.1, 0.15) is 15.9 Å². The van der Waals surface area contributed by atoms with Gasteiger partial charge >= 0.3 is 5.63 Å². The molecule has 1 aromatic heterocycles. The Morgan fingerprint density at radius 1 is 1.04 bits per heavy atom. The summed E-state index contributed by atoms with van der Waals surface area (Å²) < 4.78 is 5.10. The molecular formula is C16H7Cl2NO5. The predicted octanol–water partition coefficient (Wildman–Crippen LogP) is 4.24. The molecule has 0 unspecified atom stereocenters. The van der Waals surface area contributed by atoms with Crippen LogP contribution in [0.3, 0.4) is 0 Å². The number of nitro benzene ring substituents is 1. The molecule has 0 bridgehead atoms. The van der Waals surface area contributed by atoms with Gasteiger partial charge in [0.2, 0.25) is 5.78 Å². The molecule has 1 heterocycles. The van der Waals surface area contributed by atoms with Crippen molar-refractivity contribution in [3.63, 3.8) is 0 Å². The van der Waals surface area contributed by atoms with E-state index in [9.17, 15) is 19.7 Å². The lowest BCUT2D eigenvalue weighted by molar-refractivity contribution is -0.384. The van der Waals surface area contributed by atoms with Crippen LogP contribution in [0.25, 0.3) is 11.0 Å². The third-order valence-electron chi connectivity index (χ3n) is 3.36. The van der Waals surface area contributed by atoms with Crippen LogP contribution < -0.4 is 5.63 Å². The number of hydrogen-bond acceptors (Lipinski definition) is 5. The summed E-state index contributed by atoms with van der Waals surface area (Å²) >= 11 is 11.7. The summed E-state index contributed by atoms with van der Waals surface area (Å²) in [5, 5.41) is 11.2. The van der Waals surface area contributed by atoms with E-state index < -0.39 is 22.0 Å². The van der Waals surface area contributed by atoms with Crippen LogP contribution in [-0.4, -0.2) is 10.7 Å². The average molecular weight is 364 g/mol. The third kappa shape index (κ3) is 2.77. The SMILES string of the molecule is O=C(c1cc([N+](=O)[O-])c(Cl)cc1Cl)c1cc2ccccc2oc1=O. The van der Waals surface area contributed by atoms with Crippen molar-refractivity contribution in [1.82, 2.24) is 0 Å². The lowest BCUT2D eigenvalue weighted by Crippen LogP contribution is -2.15. The van der Waals surface area contributed by atoms with Gasteiger partial charge in [-0.05, 0) is 18.2 Å². The van der Waals surface area contributed by atoms with Crippen molar-refractivity contribution in [3.05, 3.63) is 84.2 Å². The number of nitro groups is 1. The number of carbonyl (C=O) groups is 1. The number of para-hydroxylation sites is 1. The van der Waals surface area contributed by atoms with Gasteiger partial charge in [-0.25, -0.2) is 4.79 Å². The first-order valence-corrected chi connectivity index (χ1v) is 7.35. The number of fused-ring (bicyclic) bond motifs is 1. The highest BCUT2D eigenvalue weighted by Crippen LogP contribution is 2.32. The normalized spacial score (nSPS) is 10.8. The Morgan fingerprint density at radius 3 is 2.46 bits per heavy atom. The van der Waals surface area contributed by atoms with E-state index in [-0.39, 0.29) is 21.2 Å². The lowest BCUT2D eigenvalue weighted by Gasteiger charge is -2.05. The smallest absolute Gasteiger partial charge is 0.347 e. The van der Waals surface area contributed by atoms with Gasteiger partial charge in [0.15, 0.2) is 0 Å². The molecule has 0 N–H and O–H groups in total. The molecule has 0 atom stereocenters. The third-order valence-corrected chi connectivity index (χ3v) is 3.98. The van der Waals surface area contributed by atoms with Gasteiger partial charge < -0.3 is 4.42 Å². The lowest BCUT2D eigenvalue weighted by atomic mass is 10.0. The molecule has 24 heavy (non-hydrogen) atoms. The number of nitrogens with zero attached hydrogens (tertiary/aromatic N) is 1. The predicted molar refractivity (Wildman–Crippen MR) is 89.0 cm³/mol. The van der Waals surface area contributed by atoms with E-state index in [1.165, 1.54) is 6.07 Å². The molecule has 3 rings (SSSR count). The fourth-order valence-corrected chi connectivity index (χ4v) is 2.75. The van der Waals surface area contributed by atoms with Crippen molar-refractivity contribution in [2.75, 3.05) is 0 Å². The van der Waals surface area contributed by atoms with Crippen molar-refractivity contribution in [2.45, 2.75) is 0 Å². The van der Waals surface area contributed by atoms with Crippen LogP contribution in [0.15, 0.2) is 51.7 Å². The Labute approximate surface area is 144 Å². The van der Waals surface area contributed by atoms with E-state index in [0.29, 0.717) is 11.0 Å². The summed E-state index contributed by atoms with van der Waals surface area (Å²) in [6, 6.07) is 10.1. The molecule has 0 aliphatic carbocycles. The summed E-state index contributed by atoms with van der Waals surface area (Å²) in [6.07, 6.45) is 0. The molecule has 8 heteroatoms. The quantitative estimate of drug-likeness (QED) is 0.300. The monoisotopic (exact) mass is 363 g/mol. The molecule has 120 valence electrons. The zero-order chi connectivity index (χ0) is 17.4. The summed E-state index contributed by atoms with van der Waals surface area (Å²) in [7, 11) is 0. The second-order valence-corrected chi connectivity index (χ2v) is 5.67. The molecule has 0 saturated heterocycles. The van der Waals surface area contributed by atoms with Crippen molar-refractivity contribution >= 4 is 45.6 Å². The van der Waals surface area contributed by atoms with Gasteiger partial charge in [0, 0.05) is 17.0 Å². The molecule has 6 nitrogen and oxygen atoms in total. The summed E-state index contributed by atoms with van der Waals surface area (Å²) in [5.41, 5.74) is -1.48. The van der Waals surface area contributed by atoms with Gasteiger partial charge in [0.1, 0.15) is 16.2 Å². The minimum Gasteiger partial charge on any atom is -0.422 e. The standard InChI is InChI=1S/C16H7Cl2NO5/c17-11-7-12(18)13(19(22)23)6-9(11)15(20)10-5-8-3-1-2-4-14(8)24-16(10)21/h1-7H. The number of halogens is 2. The fourth-order valence-electron chi connectivity index (χ4n) is 2.22. The zero-order valence-electron chi connectivity index (χ0n) is 11.8. The molecule has 0 spiro atoms. The van der Waals surface area contributed by atoms with Crippen molar-refractivity contribution < 1.29 is 14.1 Å². The molecule has 3 aromatic rings. The molecule has 0 radical (unpaired) electrons. The molecule has 0 fully saturated rings. The van der Waals surface area contributed by atoms with Gasteiger partial charge in [-0.15, -0.1) is 0 Å². The van der Waals surface area contributed by atoms with Crippen molar-refractivity contribution in [3.8, 4) is 0 Å². The minimum absolute atomic E-state index is 0.0943. The first-order valence-electron chi connectivity index (χ1n) is 6.59. The van der Waals surface area contributed by atoms with E-state index in [0.717, 1.165) is 12.1 Å². The molecule has 0 saturated carbocycles. The maximum Gasteiger partial charge on any atom is 0.347 e. The van der Waals surface area contributed by atoms with E-state index in [4.69, 9.17) is 27.6 Å². The van der Waals surface area contributed by atoms with Crippen LogP contribution >= 0.6 is 23.2 Å². The van der Waals surface area contributed by atoms with Crippen LogP contribution in [0.2, 0.25) is 10.0 Å². The highest BCUT2D eigenvalue weighted by Gasteiger charge is 2.23. The summed E-state index contributed by atoms with van der Waals surface area (Å²) in [5.74, 6) is -0.778. The van der Waals surface area contributed by atoms with Crippen LogP contribution in [0.4, 0.5) is 5.69 Å². The Hall–Kier alpha value is -2.70. The van der Waals surface area contributed by atoms with Crippen molar-refractivity contribution in [1.29, 1.82) is 0 Å². The molecule has 0 aliphatic heterocycles. The highest BCUT2D eigenvalue weighted by molar-refractivity contribution is 6.38. The zero-order valence-corrected chi connectivity index (χ0v) is 13.3. The van der Waals surface area contributed by atoms with Crippen LogP contribution in [-0.2, 0) is 0 Å². The van der Waals surface area contributed by atoms with Crippen LogP contribution in [0, 0.1) is 10.1 Å². The molecular weight excluding hydrogens is 357 g/mol. The molecule has 0 aliphatic rings. The van der Waals surface area contributed by atoms with Crippen molar-refractivity contribution in [2.24, 2.45) is 0 Å². The topological polar surface area (TPSA) is 90.4 Å². The van der Waals surface area contributed by atoms with Gasteiger partial charge in [0.25, 0.3) is 5.69 Å². The number of hydrogen-bond donors (Lipinski definition) is 0. The number of rotatable bonds is 3. The Kier molecular flexibility index (Phi) is 4.09. The van der Waals surface area contributed by atoms with Gasteiger partial charge in [0.05, 0.1) is 9.95 Å². The summed E-state index contributed by atoms with van der Waals surface area (Å²) in [6.45, 7) is 0. The van der Waals surface area contributed by atoms with Gasteiger partial charge in [-0.2, -0.15) is 0 Å². The number of benzene rings is 2.